The summed E-state index contributed by atoms with van der Waals surface area (Å²) in [5, 5.41) is 9.19. The van der Waals surface area contributed by atoms with E-state index < -0.39 is 0 Å². The van der Waals surface area contributed by atoms with Crippen LogP contribution in [0.15, 0.2) is 65.5 Å². The molecule has 1 N–H and O–H groups in total. The molecule has 156 valence electrons. The fourth-order valence-electron chi connectivity index (χ4n) is 5.32. The Morgan fingerprint density at radius 1 is 1.13 bits per heavy atom. The van der Waals surface area contributed by atoms with E-state index in [9.17, 15) is 10.1 Å². The molecule has 1 saturated heterocycles. The molecular formula is C26H26N3O2+. The van der Waals surface area contributed by atoms with Gasteiger partial charge in [-0.3, -0.25) is 4.79 Å². The van der Waals surface area contributed by atoms with Crippen molar-refractivity contribution < 1.29 is 9.64 Å². The van der Waals surface area contributed by atoms with E-state index in [0.29, 0.717) is 23.0 Å². The molecule has 1 unspecified atom stereocenters. The summed E-state index contributed by atoms with van der Waals surface area (Å²) in [6, 6.07) is 21.9. The highest BCUT2D eigenvalue weighted by molar-refractivity contribution is 5.64. The monoisotopic (exact) mass is 412 g/mol. The molecule has 1 aromatic heterocycles. The van der Waals surface area contributed by atoms with Crippen molar-refractivity contribution in [2.45, 2.75) is 25.4 Å². The fourth-order valence-corrected chi connectivity index (χ4v) is 5.32. The summed E-state index contributed by atoms with van der Waals surface area (Å²) in [7, 11) is 1.69. The van der Waals surface area contributed by atoms with E-state index in [-0.39, 0.29) is 5.56 Å². The molecule has 5 nitrogen and oxygen atoms in total. The molecule has 0 amide bonds. The molecular weight excluding hydrogens is 386 g/mol. The standard InChI is InChI=1S/C26H25N3O2/c1-31-23-7-5-18(6-8-23)14-28-15-20-12-22(17-28)25-10-9-24(26(30)29(25)16-20)21-4-2-3-19(11-21)13-27/h2-11,20,22H,12,14-17H2,1H3/p+1/t20-,22+/m0/s1. The number of nitrogens with zero attached hydrogens (tertiary/aromatic N) is 2. The van der Waals surface area contributed by atoms with E-state index in [4.69, 9.17) is 4.74 Å². The molecule has 2 aliphatic heterocycles. The molecule has 0 saturated carbocycles. The van der Waals surface area contributed by atoms with Crippen molar-refractivity contribution in [3.05, 3.63) is 87.8 Å². The minimum atomic E-state index is 0.0703. The number of piperidine rings is 1. The third kappa shape index (κ3) is 3.75. The molecule has 0 spiro atoms. The third-order valence-corrected chi connectivity index (χ3v) is 6.71. The number of aromatic nitrogens is 1. The first-order chi connectivity index (χ1) is 15.1. The molecule has 3 aromatic rings. The van der Waals surface area contributed by atoms with Crippen LogP contribution in [-0.2, 0) is 13.1 Å². The van der Waals surface area contributed by atoms with E-state index in [1.807, 2.05) is 34.9 Å². The Morgan fingerprint density at radius 2 is 1.97 bits per heavy atom. The largest absolute Gasteiger partial charge is 0.497 e. The van der Waals surface area contributed by atoms with Gasteiger partial charge < -0.3 is 14.2 Å². The average molecular weight is 413 g/mol. The smallest absolute Gasteiger partial charge is 0.258 e. The maximum absolute atomic E-state index is 13.3. The van der Waals surface area contributed by atoms with Gasteiger partial charge in [-0.2, -0.15) is 5.26 Å². The van der Waals surface area contributed by atoms with Gasteiger partial charge in [-0.15, -0.1) is 0 Å². The minimum Gasteiger partial charge on any atom is -0.497 e. The Bertz CT molecular complexity index is 1210. The van der Waals surface area contributed by atoms with Crippen molar-refractivity contribution in [3.63, 3.8) is 0 Å². The van der Waals surface area contributed by atoms with E-state index >= 15 is 0 Å². The number of nitrogens with one attached hydrogen (secondary N) is 1. The summed E-state index contributed by atoms with van der Waals surface area (Å²) < 4.78 is 7.27. The van der Waals surface area contributed by atoms with Gasteiger partial charge in [-0.05, 0) is 60.5 Å². The molecule has 31 heavy (non-hydrogen) atoms. The second-order valence-electron chi connectivity index (χ2n) is 8.76. The zero-order chi connectivity index (χ0) is 21.4. The number of pyridine rings is 1. The van der Waals surface area contributed by atoms with Gasteiger partial charge in [0.15, 0.2) is 0 Å². The Labute approximate surface area is 182 Å². The summed E-state index contributed by atoms with van der Waals surface area (Å²) in [6.45, 7) is 3.91. The first kappa shape index (κ1) is 19.6. The maximum Gasteiger partial charge on any atom is 0.258 e. The lowest BCUT2D eigenvalue weighted by Gasteiger charge is -2.40. The number of quaternary nitrogens is 1. The lowest BCUT2D eigenvalue weighted by atomic mass is 9.82. The topological polar surface area (TPSA) is 59.5 Å². The van der Waals surface area contributed by atoms with Crippen LogP contribution in [0.5, 0.6) is 5.75 Å². The van der Waals surface area contributed by atoms with Crippen molar-refractivity contribution in [1.82, 2.24) is 4.57 Å². The molecule has 5 heteroatoms. The maximum atomic E-state index is 13.3. The molecule has 2 aliphatic rings. The molecule has 0 radical (unpaired) electrons. The van der Waals surface area contributed by atoms with E-state index in [1.165, 1.54) is 5.56 Å². The van der Waals surface area contributed by atoms with Gasteiger partial charge >= 0.3 is 0 Å². The van der Waals surface area contributed by atoms with Crippen molar-refractivity contribution in [1.29, 1.82) is 5.26 Å². The zero-order valence-corrected chi connectivity index (χ0v) is 17.7. The summed E-state index contributed by atoms with van der Waals surface area (Å²) in [6.07, 6.45) is 1.16. The number of fused-ring (bicyclic) bond motifs is 4. The van der Waals surface area contributed by atoms with E-state index in [1.54, 1.807) is 24.1 Å². The highest BCUT2D eigenvalue weighted by atomic mass is 16.5. The summed E-state index contributed by atoms with van der Waals surface area (Å²) in [4.78, 5) is 14.9. The second kappa shape index (κ2) is 8.05. The van der Waals surface area contributed by atoms with Crippen molar-refractivity contribution >= 4 is 0 Å². The van der Waals surface area contributed by atoms with Crippen LogP contribution in [-0.4, -0.2) is 24.8 Å². The molecule has 5 rings (SSSR count). The Kier molecular flexibility index (Phi) is 5.09. The third-order valence-electron chi connectivity index (χ3n) is 6.71. The molecule has 2 bridgehead atoms. The Hall–Kier alpha value is -3.36. The second-order valence-corrected chi connectivity index (χ2v) is 8.76. The number of ether oxygens (including phenoxy) is 1. The molecule has 3 atom stereocenters. The quantitative estimate of drug-likeness (QED) is 0.717. The van der Waals surface area contributed by atoms with Crippen LogP contribution in [0.3, 0.4) is 0 Å². The van der Waals surface area contributed by atoms with Crippen molar-refractivity contribution in [2.75, 3.05) is 20.2 Å². The highest BCUT2D eigenvalue weighted by Crippen LogP contribution is 2.31. The number of hydrogen-bond donors (Lipinski definition) is 1. The normalized spacial score (nSPS) is 21.7. The van der Waals surface area contributed by atoms with Crippen LogP contribution < -0.4 is 15.2 Å². The molecule has 0 aliphatic carbocycles. The fraction of sp³-hybridized carbons (Fsp3) is 0.308. The van der Waals surface area contributed by atoms with Gasteiger partial charge in [-0.25, -0.2) is 0 Å². The van der Waals surface area contributed by atoms with E-state index in [2.05, 4.69) is 24.3 Å². The summed E-state index contributed by atoms with van der Waals surface area (Å²) in [5.74, 6) is 1.81. The summed E-state index contributed by atoms with van der Waals surface area (Å²) >= 11 is 0. The lowest BCUT2D eigenvalue weighted by Crippen LogP contribution is -3.13. The number of hydrogen-bond acceptors (Lipinski definition) is 3. The van der Waals surface area contributed by atoms with Gasteiger partial charge in [0, 0.05) is 35.2 Å². The Morgan fingerprint density at radius 3 is 2.74 bits per heavy atom. The number of likely N-dealkylation sites (tertiary alicyclic amines) is 1. The summed E-state index contributed by atoms with van der Waals surface area (Å²) in [5.41, 5.74) is 4.63. The molecule has 3 heterocycles. The van der Waals surface area contributed by atoms with E-state index in [0.717, 1.165) is 49.6 Å². The SMILES string of the molecule is COc1ccc(C[NH+]2C[C@@H]3C[C@H](C2)c2ccc(-c4cccc(C#N)c4)c(=O)n2C3)cc1. The lowest BCUT2D eigenvalue weighted by molar-refractivity contribution is -0.924. The number of benzene rings is 2. The number of rotatable bonds is 4. The molecule has 2 aromatic carbocycles. The predicted octanol–water partition coefficient (Wildman–Crippen LogP) is 2.60. The first-order valence-electron chi connectivity index (χ1n) is 10.9. The van der Waals surface area contributed by atoms with Crippen LogP contribution in [0.4, 0.5) is 0 Å². The molecule has 1 fully saturated rings. The van der Waals surface area contributed by atoms with Crippen LogP contribution in [0.25, 0.3) is 11.1 Å². The minimum absolute atomic E-state index is 0.0703. The number of methoxy groups -OCH3 is 1. The van der Waals surface area contributed by atoms with Crippen LogP contribution in [0.1, 0.15) is 29.2 Å². The van der Waals surface area contributed by atoms with Gasteiger partial charge in [-0.1, -0.05) is 12.1 Å². The number of nitriles is 1. The first-order valence-corrected chi connectivity index (χ1v) is 10.9. The van der Waals surface area contributed by atoms with Gasteiger partial charge in [0.25, 0.3) is 5.56 Å². The van der Waals surface area contributed by atoms with Gasteiger partial charge in [0.05, 0.1) is 31.8 Å². The van der Waals surface area contributed by atoms with Crippen LogP contribution in [0, 0.1) is 17.2 Å². The predicted molar refractivity (Wildman–Crippen MR) is 119 cm³/mol. The van der Waals surface area contributed by atoms with Gasteiger partial charge in [0.2, 0.25) is 0 Å². The zero-order valence-electron chi connectivity index (χ0n) is 17.7. The van der Waals surface area contributed by atoms with Crippen LogP contribution in [0.2, 0.25) is 0 Å². The van der Waals surface area contributed by atoms with Crippen molar-refractivity contribution in [3.8, 4) is 22.9 Å². The van der Waals surface area contributed by atoms with Crippen molar-refractivity contribution in [2.24, 2.45) is 5.92 Å². The average Bonchev–Trinajstić information content (AvgIpc) is 2.80. The van der Waals surface area contributed by atoms with Crippen LogP contribution >= 0.6 is 0 Å². The highest BCUT2D eigenvalue weighted by Gasteiger charge is 2.37. The Balaban J connectivity index is 1.40. The van der Waals surface area contributed by atoms with Gasteiger partial charge in [0.1, 0.15) is 12.3 Å².